The molecule has 9 nitrogen and oxygen atoms in total. The van der Waals surface area contributed by atoms with Gasteiger partial charge in [-0.05, 0) is 55.7 Å². The van der Waals surface area contributed by atoms with Crippen molar-refractivity contribution in [2.24, 2.45) is 0 Å². The Hall–Kier alpha value is -3.50. The number of fused-ring (bicyclic) bond motifs is 1. The van der Waals surface area contributed by atoms with E-state index in [0.29, 0.717) is 61.4 Å². The highest BCUT2D eigenvalue weighted by molar-refractivity contribution is 7.93. The van der Waals surface area contributed by atoms with Gasteiger partial charge in [0.05, 0.1) is 11.2 Å². The minimum Gasteiger partial charge on any atom is -0.480 e. The average Bonchev–Trinajstić information content (AvgIpc) is 3.41. The lowest BCUT2D eigenvalue weighted by molar-refractivity contribution is -0.152. The number of sulfonamides is 1. The van der Waals surface area contributed by atoms with Crippen LogP contribution in [0.1, 0.15) is 41.6 Å². The van der Waals surface area contributed by atoms with Crippen molar-refractivity contribution in [2.45, 2.75) is 43.0 Å². The number of carbonyl (C=O) groups is 2. The van der Waals surface area contributed by atoms with Gasteiger partial charge in [-0.1, -0.05) is 31.0 Å². The minimum atomic E-state index is -3.90. The molecule has 2 fully saturated rings. The molecular formula is C27H30N4O5S. The number of rotatable bonds is 6. The maximum atomic E-state index is 13.2. The maximum Gasteiger partial charge on any atom is 0.324 e. The fraction of sp³-hybridized carbons (Fsp3) is 0.370. The van der Waals surface area contributed by atoms with Gasteiger partial charge in [0.1, 0.15) is 10.4 Å². The van der Waals surface area contributed by atoms with Crippen molar-refractivity contribution in [1.82, 2.24) is 14.8 Å². The van der Waals surface area contributed by atoms with E-state index in [1.807, 2.05) is 17.0 Å². The smallest absolute Gasteiger partial charge is 0.324 e. The second-order valence-corrected chi connectivity index (χ2v) is 11.4. The summed E-state index contributed by atoms with van der Waals surface area (Å²) in [6, 6.07) is 13.5. The van der Waals surface area contributed by atoms with Crippen molar-refractivity contribution < 1.29 is 23.1 Å². The van der Waals surface area contributed by atoms with Gasteiger partial charge in [-0.25, -0.2) is 8.42 Å². The Balaban J connectivity index is 1.29. The molecule has 10 heteroatoms. The topological polar surface area (TPSA) is 120 Å². The van der Waals surface area contributed by atoms with E-state index in [0.717, 1.165) is 18.2 Å². The van der Waals surface area contributed by atoms with Crippen molar-refractivity contribution in [3.63, 3.8) is 0 Å². The number of carboxylic acids is 1. The lowest BCUT2D eigenvalue weighted by Crippen LogP contribution is -2.60. The number of carboxylic acid groups (broad SMARTS) is 1. The van der Waals surface area contributed by atoms with E-state index in [9.17, 15) is 23.1 Å². The number of aliphatic carboxylic acids is 1. The number of aryl methyl sites for hydroxylation is 1. The summed E-state index contributed by atoms with van der Waals surface area (Å²) < 4.78 is 29.0. The van der Waals surface area contributed by atoms with Crippen LogP contribution in [0.4, 0.5) is 5.69 Å². The highest BCUT2D eigenvalue weighted by Crippen LogP contribution is 2.36. The number of para-hydroxylation sites is 1. The van der Waals surface area contributed by atoms with Crippen LogP contribution in [0.5, 0.6) is 0 Å². The van der Waals surface area contributed by atoms with Crippen LogP contribution in [0.15, 0.2) is 59.6 Å². The van der Waals surface area contributed by atoms with Crippen molar-refractivity contribution in [3.05, 3.63) is 65.9 Å². The van der Waals surface area contributed by atoms with Crippen LogP contribution in [0.2, 0.25) is 0 Å². The zero-order chi connectivity index (χ0) is 26.2. The molecule has 1 aromatic heterocycles. The van der Waals surface area contributed by atoms with Gasteiger partial charge in [0, 0.05) is 43.3 Å². The summed E-state index contributed by atoms with van der Waals surface area (Å²) in [5, 5.41) is 10.6. The number of amides is 1. The molecule has 1 saturated heterocycles. The summed E-state index contributed by atoms with van der Waals surface area (Å²) in [4.78, 5) is 33.3. The number of nitrogens with one attached hydrogen (secondary N) is 1. The molecule has 2 heterocycles. The highest BCUT2D eigenvalue weighted by atomic mass is 32.2. The molecule has 5 rings (SSSR count). The van der Waals surface area contributed by atoms with Gasteiger partial charge in [0.25, 0.3) is 15.9 Å². The predicted molar refractivity (Wildman–Crippen MR) is 140 cm³/mol. The van der Waals surface area contributed by atoms with Crippen LogP contribution in [-0.4, -0.2) is 71.9 Å². The molecule has 3 aromatic rings. The van der Waals surface area contributed by atoms with Gasteiger partial charge in [0.2, 0.25) is 0 Å². The third kappa shape index (κ3) is 4.67. The Morgan fingerprint density at radius 1 is 1.00 bits per heavy atom. The number of aromatic nitrogens is 1. The summed E-state index contributed by atoms with van der Waals surface area (Å²) in [6.07, 6.45) is 4.70. The second kappa shape index (κ2) is 9.75. The summed E-state index contributed by atoms with van der Waals surface area (Å²) >= 11 is 0. The number of hydrogen-bond donors (Lipinski definition) is 2. The molecule has 194 valence electrons. The van der Waals surface area contributed by atoms with E-state index in [1.54, 1.807) is 48.4 Å². The molecule has 1 aliphatic carbocycles. The molecule has 1 saturated carbocycles. The highest BCUT2D eigenvalue weighted by Gasteiger charge is 2.47. The summed E-state index contributed by atoms with van der Waals surface area (Å²) in [7, 11) is -3.90. The average molecular weight is 523 g/mol. The fourth-order valence-electron chi connectivity index (χ4n) is 5.55. The van der Waals surface area contributed by atoms with Crippen molar-refractivity contribution in [2.75, 3.05) is 30.9 Å². The first kappa shape index (κ1) is 25.2. The quantitative estimate of drug-likeness (QED) is 0.508. The molecule has 0 atom stereocenters. The lowest BCUT2D eigenvalue weighted by atomic mass is 9.94. The van der Waals surface area contributed by atoms with Crippen LogP contribution < -0.4 is 4.72 Å². The monoisotopic (exact) mass is 522 g/mol. The third-order valence-corrected chi connectivity index (χ3v) is 9.00. The van der Waals surface area contributed by atoms with Crippen molar-refractivity contribution in [3.8, 4) is 0 Å². The first-order chi connectivity index (χ1) is 17.7. The van der Waals surface area contributed by atoms with E-state index < -0.39 is 21.5 Å². The van der Waals surface area contributed by atoms with Crippen LogP contribution in [0, 0.1) is 6.92 Å². The lowest BCUT2D eigenvalue weighted by Gasteiger charge is -2.43. The normalized spacial score (nSPS) is 18.1. The van der Waals surface area contributed by atoms with Crippen LogP contribution in [0.3, 0.4) is 0 Å². The molecule has 37 heavy (non-hydrogen) atoms. The second-order valence-electron chi connectivity index (χ2n) is 9.79. The molecule has 1 amide bonds. The Kier molecular flexibility index (Phi) is 6.63. The number of nitrogens with zero attached hydrogens (tertiary/aromatic N) is 3. The minimum absolute atomic E-state index is 0.0874. The van der Waals surface area contributed by atoms with E-state index in [1.165, 1.54) is 6.07 Å². The molecule has 2 aromatic carbocycles. The first-order valence-corrected chi connectivity index (χ1v) is 13.9. The Morgan fingerprint density at radius 3 is 2.38 bits per heavy atom. The van der Waals surface area contributed by atoms with Crippen LogP contribution in [-0.2, 0) is 14.8 Å². The maximum absolute atomic E-state index is 13.2. The van der Waals surface area contributed by atoms with Crippen molar-refractivity contribution >= 4 is 38.5 Å². The Labute approximate surface area is 216 Å². The first-order valence-electron chi connectivity index (χ1n) is 12.5. The number of benzene rings is 2. The largest absolute Gasteiger partial charge is 0.480 e. The number of anilines is 1. The molecular weight excluding hydrogens is 492 g/mol. The van der Waals surface area contributed by atoms with Gasteiger partial charge >= 0.3 is 5.97 Å². The molecule has 0 spiro atoms. The number of hydrogen-bond acceptors (Lipinski definition) is 6. The van der Waals surface area contributed by atoms with E-state index >= 15 is 0 Å². The molecule has 0 unspecified atom stereocenters. The molecule has 0 radical (unpaired) electrons. The van der Waals surface area contributed by atoms with Gasteiger partial charge in [-0.15, -0.1) is 0 Å². The number of pyridine rings is 1. The van der Waals surface area contributed by atoms with Crippen LogP contribution in [0.25, 0.3) is 10.9 Å². The third-order valence-electron chi connectivity index (χ3n) is 7.60. The molecule has 0 bridgehead atoms. The molecule has 2 N–H and O–H groups in total. The summed E-state index contributed by atoms with van der Waals surface area (Å²) in [5.74, 6) is -0.913. The van der Waals surface area contributed by atoms with E-state index in [-0.39, 0.29) is 10.8 Å². The summed E-state index contributed by atoms with van der Waals surface area (Å²) in [6.45, 7) is 3.71. The standard InChI is InChI=1S/C27H30N4O5S/c1-19-18-21(25(32)30-14-16-31(17-15-30)27(26(33)34)11-2-3-12-27)9-10-22(19)29-37(35,36)23-8-4-6-20-7-5-13-28-24(20)23/h4-10,13,18,29H,2-3,11-12,14-17H2,1H3,(H,33,34). The van der Waals surface area contributed by atoms with Crippen molar-refractivity contribution in [1.29, 1.82) is 0 Å². The fourth-order valence-corrected chi connectivity index (χ4v) is 6.86. The van der Waals surface area contributed by atoms with E-state index in [4.69, 9.17) is 0 Å². The Morgan fingerprint density at radius 2 is 1.70 bits per heavy atom. The SMILES string of the molecule is Cc1cc(C(=O)N2CCN(C3(C(=O)O)CCCC3)CC2)ccc1NS(=O)(=O)c1cccc2cccnc12. The molecule has 2 aliphatic rings. The predicted octanol–water partition coefficient (Wildman–Crippen LogP) is 3.50. The Bertz CT molecular complexity index is 1450. The summed E-state index contributed by atoms with van der Waals surface area (Å²) in [5.41, 5.74) is 1.07. The van der Waals surface area contributed by atoms with Gasteiger partial charge in [-0.2, -0.15) is 0 Å². The zero-order valence-electron chi connectivity index (χ0n) is 20.7. The molecule has 1 aliphatic heterocycles. The van der Waals surface area contributed by atoms with Gasteiger partial charge < -0.3 is 10.0 Å². The number of carbonyl (C=O) groups excluding carboxylic acids is 1. The van der Waals surface area contributed by atoms with Gasteiger partial charge in [-0.3, -0.25) is 24.2 Å². The zero-order valence-corrected chi connectivity index (χ0v) is 21.5. The van der Waals surface area contributed by atoms with Crippen LogP contribution >= 0.6 is 0 Å². The number of piperazine rings is 1. The van der Waals surface area contributed by atoms with E-state index in [2.05, 4.69) is 9.71 Å². The van der Waals surface area contributed by atoms with Gasteiger partial charge in [0.15, 0.2) is 0 Å².